The molecule has 14 atom stereocenters. The fraction of sp³-hybridized carbons (Fsp3) is 0.606. The number of amides is 14. The number of hydrogen-bond donors (Lipinski definition) is 18. The number of carbonyl (C=O) groups is 16. The molecule has 2 aromatic carbocycles. The van der Waals surface area contributed by atoms with Gasteiger partial charge in [0.25, 0.3) is 0 Å². The largest absolute Gasteiger partial charge is 0.508 e. The van der Waals surface area contributed by atoms with Crippen molar-refractivity contribution in [1.29, 1.82) is 0 Å². The summed E-state index contributed by atoms with van der Waals surface area (Å²) in [5.41, 5.74) is 17.9. The number of rotatable bonds is 47. The summed E-state index contributed by atoms with van der Waals surface area (Å²) in [4.78, 5) is 215. The van der Waals surface area contributed by atoms with Gasteiger partial charge in [-0.3, -0.25) is 71.9 Å². The van der Waals surface area contributed by atoms with Crippen LogP contribution in [0.5, 0.6) is 5.75 Å². The Kier molecular flexibility index (Phi) is 39.0. The summed E-state index contributed by atoms with van der Waals surface area (Å²) in [6.07, 6.45) is -2.39. The standard InChI is InChI=1S/C71H111N15O19/c1-14-39(10)58(70(103)80-49(71(104)105)26-29-56(90)91)86-64(97)48(25-28-55(74)89)79-68(101)53(34-44-20-22-45(87)23-21-44)82-61(94)42(13)76-65(98)52(33-43-18-16-15-17-19-43)81-60(93)41(12)75-59(92)40(11)77-69(102)57(38(8)9)85-63(96)47(24-27-54(73)88)78-66(99)51(32-37(6)7)84-67(100)50(31-36(4)5)83-62(95)46(72)30-35(2)3/h15-23,35-42,46-53,57-58,87H,14,24-34,72H2,1-13H3,(H2,73,88)(H2,74,89)(H,75,92)(H,76,98)(H,77,102)(H,78,99)(H,79,101)(H,80,103)(H,81,93)(H,82,94)(H,83,95)(H,84,100)(H,85,96)(H,86,97)(H,90,91)(H,104,105)/t39-,40-,41-,42-,46-,47-,48-,49-,50-,51-,52-,53-,57-,58-/m0/s1. The first-order valence-electron chi connectivity index (χ1n) is 35.3. The van der Waals surface area contributed by atoms with Crippen molar-refractivity contribution in [3.8, 4) is 5.75 Å². The lowest BCUT2D eigenvalue weighted by molar-refractivity contribution is -0.144. The Balaban J connectivity index is 2.38. The Bertz CT molecular complexity index is 3320. The zero-order valence-corrected chi connectivity index (χ0v) is 62.2. The third kappa shape index (κ3) is 33.8. The highest BCUT2D eigenvalue weighted by Gasteiger charge is 2.38. The van der Waals surface area contributed by atoms with Crippen molar-refractivity contribution in [1.82, 2.24) is 63.8 Å². The van der Waals surface area contributed by atoms with Gasteiger partial charge in [0.1, 0.15) is 78.3 Å². The molecule has 0 bridgehead atoms. The average Bonchev–Trinajstić information content (AvgIpc) is 0.842. The summed E-state index contributed by atoms with van der Waals surface area (Å²) in [5.74, 6) is -16.9. The second-order valence-electron chi connectivity index (χ2n) is 28.1. The van der Waals surface area contributed by atoms with Crippen LogP contribution in [0.25, 0.3) is 0 Å². The highest BCUT2D eigenvalue weighted by Crippen LogP contribution is 2.17. The Labute approximate surface area is 612 Å². The molecule has 21 N–H and O–H groups in total. The van der Waals surface area contributed by atoms with Crippen molar-refractivity contribution in [2.75, 3.05) is 0 Å². The lowest BCUT2D eigenvalue weighted by Crippen LogP contribution is -2.61. The molecule has 2 aromatic rings. The summed E-state index contributed by atoms with van der Waals surface area (Å²) >= 11 is 0. The van der Waals surface area contributed by atoms with Crippen LogP contribution in [0, 0.1) is 29.6 Å². The normalized spacial score (nSPS) is 15.3. The number of aromatic hydroxyl groups is 1. The molecule has 2 rings (SSSR count). The van der Waals surface area contributed by atoms with E-state index in [0.717, 1.165) is 0 Å². The van der Waals surface area contributed by atoms with Gasteiger partial charge in [0.05, 0.1) is 6.04 Å². The van der Waals surface area contributed by atoms with E-state index in [-0.39, 0.29) is 62.0 Å². The Morgan fingerprint density at radius 2 is 0.695 bits per heavy atom. The van der Waals surface area contributed by atoms with Crippen LogP contribution in [0.4, 0.5) is 0 Å². The SMILES string of the molecule is CC[C@H](C)[C@H](NC(=O)[C@H](CCC(N)=O)NC(=O)[C@H](Cc1ccc(O)cc1)NC(=O)[C@H](C)NC(=O)[C@H](Cc1ccccc1)NC(=O)[C@H](C)NC(=O)[C@H](C)NC(=O)[C@@H](NC(=O)[C@H](CCC(N)=O)NC(=O)[C@H](CC(C)C)NC(=O)[C@H](CC(C)C)NC(=O)[C@@H](N)CC(C)C)C(C)C)C(=O)N[C@@H](CCC(=O)O)C(=O)O. The van der Waals surface area contributed by atoms with Gasteiger partial charge in [0, 0.05) is 32.1 Å². The van der Waals surface area contributed by atoms with Crippen molar-refractivity contribution in [2.45, 2.75) is 246 Å². The van der Waals surface area contributed by atoms with E-state index in [0.29, 0.717) is 17.5 Å². The molecule has 105 heavy (non-hydrogen) atoms. The number of hydrogen-bond acceptors (Lipinski definition) is 18. The molecule has 0 spiro atoms. The number of carbonyl (C=O) groups excluding carboxylic acids is 14. The molecule has 0 heterocycles. The van der Waals surface area contributed by atoms with Crippen LogP contribution in [-0.4, -0.2) is 189 Å². The summed E-state index contributed by atoms with van der Waals surface area (Å²) in [6.45, 7) is 21.3. The summed E-state index contributed by atoms with van der Waals surface area (Å²) < 4.78 is 0. The third-order valence-corrected chi connectivity index (χ3v) is 16.8. The van der Waals surface area contributed by atoms with Gasteiger partial charge in [0.15, 0.2) is 0 Å². The van der Waals surface area contributed by atoms with E-state index >= 15 is 0 Å². The van der Waals surface area contributed by atoms with Crippen LogP contribution < -0.4 is 81.0 Å². The number of benzene rings is 2. The maximum absolute atomic E-state index is 14.4. The number of carboxylic acid groups (broad SMARTS) is 2. The molecule has 0 radical (unpaired) electrons. The van der Waals surface area contributed by atoms with E-state index in [1.165, 1.54) is 45.0 Å². The first kappa shape index (κ1) is 90.8. The zero-order valence-electron chi connectivity index (χ0n) is 62.2. The molecule has 584 valence electrons. The van der Waals surface area contributed by atoms with Crippen molar-refractivity contribution in [3.05, 3.63) is 65.7 Å². The number of carboxylic acids is 2. The molecule has 0 aliphatic rings. The fourth-order valence-electron chi connectivity index (χ4n) is 10.6. The maximum Gasteiger partial charge on any atom is 0.326 e. The predicted molar refractivity (Wildman–Crippen MR) is 384 cm³/mol. The molecule has 14 amide bonds. The zero-order chi connectivity index (χ0) is 79.7. The van der Waals surface area contributed by atoms with Gasteiger partial charge in [-0.15, -0.1) is 0 Å². The Morgan fingerprint density at radius 1 is 0.362 bits per heavy atom. The lowest BCUT2D eigenvalue weighted by atomic mass is 9.96. The van der Waals surface area contributed by atoms with Gasteiger partial charge in [-0.25, -0.2) is 4.79 Å². The quantitative estimate of drug-likeness (QED) is 0.0366. The topological polar surface area (TPSA) is 556 Å². The molecule has 0 aliphatic carbocycles. The van der Waals surface area contributed by atoms with Crippen LogP contribution in [-0.2, 0) is 89.6 Å². The second-order valence-corrected chi connectivity index (χ2v) is 28.1. The van der Waals surface area contributed by atoms with Gasteiger partial charge in [-0.2, -0.15) is 0 Å². The minimum absolute atomic E-state index is 0.0756. The van der Waals surface area contributed by atoms with Crippen LogP contribution in [0.1, 0.15) is 165 Å². The summed E-state index contributed by atoms with van der Waals surface area (Å²) in [6, 6.07) is -4.43. The van der Waals surface area contributed by atoms with E-state index in [9.17, 15) is 86.9 Å². The number of phenolic OH excluding ortho intramolecular Hbond substituents is 1. The summed E-state index contributed by atoms with van der Waals surface area (Å²) in [5, 5.41) is 59.4. The number of nitrogens with two attached hydrogens (primary N) is 3. The summed E-state index contributed by atoms with van der Waals surface area (Å²) in [7, 11) is 0. The molecule has 34 heteroatoms. The molecule has 0 saturated carbocycles. The minimum atomic E-state index is -1.66. The van der Waals surface area contributed by atoms with Crippen LogP contribution in [0.3, 0.4) is 0 Å². The molecule has 0 aromatic heterocycles. The number of primary amides is 2. The molecular weight excluding hydrogens is 1370 g/mol. The Morgan fingerprint density at radius 3 is 1.10 bits per heavy atom. The van der Waals surface area contributed by atoms with E-state index in [2.05, 4.69) is 63.8 Å². The first-order chi connectivity index (χ1) is 49.0. The molecule has 0 saturated heterocycles. The van der Waals surface area contributed by atoms with Gasteiger partial charge < -0.3 is 96.3 Å². The van der Waals surface area contributed by atoms with Crippen molar-refractivity contribution < 1.29 is 92.0 Å². The number of phenols is 1. The molecule has 0 aliphatic heterocycles. The van der Waals surface area contributed by atoms with E-state index in [1.54, 1.807) is 71.9 Å². The number of aliphatic carboxylic acids is 2. The van der Waals surface area contributed by atoms with Crippen LogP contribution in [0.15, 0.2) is 54.6 Å². The van der Waals surface area contributed by atoms with E-state index in [1.807, 2.05) is 27.7 Å². The van der Waals surface area contributed by atoms with Gasteiger partial charge in [0.2, 0.25) is 82.7 Å². The number of nitrogens with one attached hydrogen (secondary N) is 12. The highest BCUT2D eigenvalue weighted by atomic mass is 16.4. The average molecular weight is 1480 g/mol. The molecule has 0 fully saturated rings. The van der Waals surface area contributed by atoms with Crippen molar-refractivity contribution >= 4 is 94.6 Å². The predicted octanol–water partition coefficient (Wildman–Crippen LogP) is -1.30. The van der Waals surface area contributed by atoms with Crippen molar-refractivity contribution in [3.63, 3.8) is 0 Å². The van der Waals surface area contributed by atoms with Gasteiger partial charge in [-0.05, 0) is 112 Å². The molecule has 0 unspecified atom stereocenters. The lowest BCUT2D eigenvalue weighted by Gasteiger charge is -2.29. The second kappa shape index (κ2) is 45.1. The maximum atomic E-state index is 14.4. The molecule has 34 nitrogen and oxygen atoms in total. The monoisotopic (exact) mass is 1480 g/mol. The van der Waals surface area contributed by atoms with Crippen molar-refractivity contribution in [2.24, 2.45) is 46.8 Å². The van der Waals surface area contributed by atoms with E-state index in [4.69, 9.17) is 22.3 Å². The highest BCUT2D eigenvalue weighted by molar-refractivity contribution is 6.00. The fourth-order valence-corrected chi connectivity index (χ4v) is 10.6. The van der Waals surface area contributed by atoms with Gasteiger partial charge >= 0.3 is 11.9 Å². The van der Waals surface area contributed by atoms with Crippen LogP contribution in [0.2, 0.25) is 0 Å². The third-order valence-electron chi connectivity index (χ3n) is 16.8. The van der Waals surface area contributed by atoms with E-state index < -0.39 is 217 Å². The van der Waals surface area contributed by atoms with Crippen LogP contribution >= 0.6 is 0 Å². The minimum Gasteiger partial charge on any atom is -0.508 e. The van der Waals surface area contributed by atoms with Gasteiger partial charge in [-0.1, -0.05) is 118 Å². The molecular formula is C71H111N15O19. The Hall–Kier alpha value is -10.3. The first-order valence-corrected chi connectivity index (χ1v) is 35.3. The smallest absolute Gasteiger partial charge is 0.326 e.